The maximum atomic E-state index is 11.9. The lowest BCUT2D eigenvalue weighted by atomic mass is 9.77. The van der Waals surface area contributed by atoms with Crippen molar-refractivity contribution in [3.63, 3.8) is 0 Å². The number of hydrogen-bond donors (Lipinski definition) is 1. The van der Waals surface area contributed by atoms with E-state index in [0.717, 1.165) is 35.4 Å². The molecule has 9 nitrogen and oxygen atoms in total. The van der Waals surface area contributed by atoms with E-state index in [1.54, 1.807) is 12.0 Å². The Labute approximate surface area is 180 Å². The number of nitrogens with zero attached hydrogens (tertiary/aromatic N) is 6. The van der Waals surface area contributed by atoms with Gasteiger partial charge in [-0.1, -0.05) is 17.3 Å². The Hall–Kier alpha value is -2.78. The maximum Gasteiger partial charge on any atom is 0.248 e. The molecule has 5 rings (SSSR count). The number of para-hydroxylation sites is 2. The molecule has 2 fully saturated rings. The van der Waals surface area contributed by atoms with Crippen LogP contribution in [0.3, 0.4) is 0 Å². The molecule has 4 atom stereocenters. The monoisotopic (exact) mass is 424 g/mol. The molecule has 9 heteroatoms. The third-order valence-electron chi connectivity index (χ3n) is 6.94. The van der Waals surface area contributed by atoms with Crippen molar-refractivity contribution in [1.82, 2.24) is 29.4 Å². The highest BCUT2D eigenvalue weighted by Gasteiger charge is 2.44. The van der Waals surface area contributed by atoms with E-state index in [2.05, 4.69) is 25.9 Å². The number of carbonyl (C=O) groups excluding carboxylic acids is 1. The normalized spacial score (nSPS) is 25.8. The molecule has 1 aromatic carbocycles. The summed E-state index contributed by atoms with van der Waals surface area (Å²) >= 11 is 0. The first-order chi connectivity index (χ1) is 15.1. The summed E-state index contributed by atoms with van der Waals surface area (Å²) in [6, 6.07) is 8.18. The van der Waals surface area contributed by atoms with Gasteiger partial charge in [0.25, 0.3) is 0 Å². The summed E-state index contributed by atoms with van der Waals surface area (Å²) in [5.41, 5.74) is 2.95. The number of aryl methyl sites for hydroxylation is 1. The molecule has 164 valence electrons. The molecule has 1 saturated heterocycles. The number of aliphatic hydroxyl groups is 1. The first kappa shape index (κ1) is 20.1. The van der Waals surface area contributed by atoms with Crippen LogP contribution in [0.5, 0.6) is 0 Å². The molecule has 3 aromatic rings. The van der Waals surface area contributed by atoms with E-state index in [4.69, 9.17) is 4.74 Å². The molecule has 0 bridgehead atoms. The Morgan fingerprint density at radius 3 is 2.77 bits per heavy atom. The fourth-order valence-corrected chi connectivity index (χ4v) is 5.33. The number of rotatable bonds is 5. The molecule has 1 aliphatic heterocycles. The molecule has 0 radical (unpaired) electrons. The van der Waals surface area contributed by atoms with Gasteiger partial charge in [-0.15, -0.1) is 5.10 Å². The lowest BCUT2D eigenvalue weighted by Gasteiger charge is -2.36. The van der Waals surface area contributed by atoms with E-state index in [9.17, 15) is 9.90 Å². The molecule has 2 aromatic heterocycles. The Balaban J connectivity index is 1.35. The van der Waals surface area contributed by atoms with Gasteiger partial charge in [-0.3, -0.25) is 4.79 Å². The Morgan fingerprint density at radius 2 is 2.00 bits per heavy atom. The molecule has 0 unspecified atom stereocenters. The molecule has 31 heavy (non-hydrogen) atoms. The predicted molar refractivity (Wildman–Crippen MR) is 113 cm³/mol. The van der Waals surface area contributed by atoms with Crippen LogP contribution in [0.2, 0.25) is 0 Å². The number of likely N-dealkylation sites (tertiary alicyclic amines) is 1. The Bertz CT molecular complexity index is 1090. The second-order valence-electron chi connectivity index (χ2n) is 8.71. The van der Waals surface area contributed by atoms with Crippen LogP contribution in [0, 0.1) is 18.8 Å². The molecule has 1 aliphatic carbocycles. The number of imidazole rings is 1. The van der Waals surface area contributed by atoms with Crippen LogP contribution >= 0.6 is 0 Å². The zero-order valence-corrected chi connectivity index (χ0v) is 17.9. The minimum atomic E-state index is -0.425. The number of aromatic nitrogens is 5. The minimum Gasteiger partial charge on any atom is -0.387 e. The van der Waals surface area contributed by atoms with Crippen molar-refractivity contribution in [2.75, 3.05) is 26.8 Å². The fourth-order valence-electron chi connectivity index (χ4n) is 5.33. The third kappa shape index (κ3) is 3.61. The van der Waals surface area contributed by atoms with Crippen LogP contribution in [-0.4, -0.2) is 73.4 Å². The number of ether oxygens (including phenoxy) is 1. The smallest absolute Gasteiger partial charge is 0.248 e. The molecule has 1 saturated carbocycles. The van der Waals surface area contributed by atoms with Crippen molar-refractivity contribution in [2.45, 2.75) is 38.5 Å². The van der Waals surface area contributed by atoms with Crippen LogP contribution in [0.25, 0.3) is 11.0 Å². The highest BCUT2D eigenvalue weighted by molar-refractivity contribution is 5.77. The summed E-state index contributed by atoms with van der Waals surface area (Å²) in [6.45, 7) is 3.59. The molecule has 0 spiro atoms. The number of hydrogen-bond acceptors (Lipinski definition) is 6. The Morgan fingerprint density at radius 1 is 1.23 bits per heavy atom. The predicted octanol–water partition coefficient (Wildman–Crippen LogP) is 1.40. The summed E-state index contributed by atoms with van der Waals surface area (Å²) in [4.78, 5) is 18.4. The van der Waals surface area contributed by atoms with Crippen LogP contribution in [0.1, 0.15) is 30.4 Å². The van der Waals surface area contributed by atoms with Crippen LogP contribution in [-0.2, 0) is 16.1 Å². The molecular weight excluding hydrogens is 396 g/mol. The molecular formula is C22H28N6O3. The topological polar surface area (TPSA) is 98.3 Å². The van der Waals surface area contributed by atoms with E-state index in [0.29, 0.717) is 31.5 Å². The van der Waals surface area contributed by atoms with Crippen LogP contribution < -0.4 is 0 Å². The number of methoxy groups -OCH3 is 1. The highest BCUT2D eigenvalue weighted by Crippen LogP contribution is 2.42. The molecule has 3 heterocycles. The van der Waals surface area contributed by atoms with Gasteiger partial charge < -0.3 is 19.3 Å². The van der Waals surface area contributed by atoms with Crippen molar-refractivity contribution < 1.29 is 14.6 Å². The average Bonchev–Trinajstić information content (AvgIpc) is 3.49. The average molecular weight is 425 g/mol. The third-order valence-corrected chi connectivity index (χ3v) is 6.94. The van der Waals surface area contributed by atoms with Gasteiger partial charge in [0.2, 0.25) is 5.91 Å². The SMILES string of the molecule is CO[C@@H]1C[C@H]2CN(C(=O)CO)C[C@H]2C[C@H]1n1cc(Cn2c(C)nc3ccccc32)nn1. The van der Waals surface area contributed by atoms with Crippen molar-refractivity contribution in [3.05, 3.63) is 42.0 Å². The summed E-state index contributed by atoms with van der Waals surface area (Å²) < 4.78 is 9.92. The van der Waals surface area contributed by atoms with E-state index in [1.165, 1.54) is 0 Å². The lowest BCUT2D eigenvalue weighted by molar-refractivity contribution is -0.133. The second kappa shape index (κ2) is 8.05. The summed E-state index contributed by atoms with van der Waals surface area (Å²) in [6.07, 6.45) is 3.79. The zero-order chi connectivity index (χ0) is 21.5. The zero-order valence-electron chi connectivity index (χ0n) is 17.9. The van der Waals surface area contributed by atoms with Crippen LogP contribution in [0.4, 0.5) is 0 Å². The fraction of sp³-hybridized carbons (Fsp3) is 0.545. The van der Waals surface area contributed by atoms with Gasteiger partial charge in [-0.25, -0.2) is 9.67 Å². The Kier molecular flexibility index (Phi) is 5.23. The highest BCUT2D eigenvalue weighted by atomic mass is 16.5. The van der Waals surface area contributed by atoms with Gasteiger partial charge in [-0.2, -0.15) is 0 Å². The van der Waals surface area contributed by atoms with Crippen molar-refractivity contribution in [3.8, 4) is 0 Å². The van der Waals surface area contributed by atoms with Crippen molar-refractivity contribution in [1.29, 1.82) is 0 Å². The van der Waals surface area contributed by atoms with Gasteiger partial charge in [0.05, 0.1) is 35.9 Å². The van der Waals surface area contributed by atoms with Crippen LogP contribution in [0.15, 0.2) is 30.5 Å². The van der Waals surface area contributed by atoms with Gasteiger partial charge in [-0.05, 0) is 43.7 Å². The standard InChI is InChI=1S/C22H28N6O3/c1-14-23-18-5-3-4-6-19(18)27(14)11-17-12-28(25-24-17)20-7-15-9-26(22(30)13-29)10-16(15)8-21(20)31-2/h3-6,12,15-16,20-21,29H,7-11,13H2,1-2H3/t15-,16+,20-,21-/m1/s1. The summed E-state index contributed by atoms with van der Waals surface area (Å²) in [5.74, 6) is 1.55. The number of benzene rings is 1. The first-order valence-corrected chi connectivity index (χ1v) is 10.8. The van der Waals surface area contributed by atoms with E-state index in [1.807, 2.05) is 36.0 Å². The van der Waals surface area contributed by atoms with Gasteiger partial charge in [0.1, 0.15) is 18.1 Å². The maximum absolute atomic E-state index is 11.9. The molecule has 2 aliphatic rings. The largest absolute Gasteiger partial charge is 0.387 e. The summed E-state index contributed by atoms with van der Waals surface area (Å²) in [7, 11) is 1.74. The number of amides is 1. The van der Waals surface area contributed by atoms with E-state index in [-0.39, 0.29) is 18.1 Å². The lowest BCUT2D eigenvalue weighted by Crippen LogP contribution is -2.37. The first-order valence-electron chi connectivity index (χ1n) is 10.8. The minimum absolute atomic E-state index is 0.0239. The van der Waals surface area contributed by atoms with Gasteiger partial charge in [0.15, 0.2) is 0 Å². The van der Waals surface area contributed by atoms with Crippen molar-refractivity contribution >= 4 is 16.9 Å². The summed E-state index contributed by atoms with van der Waals surface area (Å²) in [5, 5.41) is 18.1. The molecule has 1 amide bonds. The van der Waals surface area contributed by atoms with Gasteiger partial charge >= 0.3 is 0 Å². The molecule has 1 N–H and O–H groups in total. The van der Waals surface area contributed by atoms with Crippen molar-refractivity contribution in [2.24, 2.45) is 11.8 Å². The number of carbonyl (C=O) groups is 1. The van der Waals surface area contributed by atoms with E-state index >= 15 is 0 Å². The number of fused-ring (bicyclic) bond motifs is 2. The van der Waals surface area contributed by atoms with Gasteiger partial charge in [0, 0.05) is 20.2 Å². The van der Waals surface area contributed by atoms with E-state index < -0.39 is 6.61 Å². The quantitative estimate of drug-likeness (QED) is 0.665. The second-order valence-corrected chi connectivity index (χ2v) is 8.71. The number of aliphatic hydroxyl groups excluding tert-OH is 1.